The minimum absolute atomic E-state index is 0.0556. The largest absolute Gasteiger partial charge is 0.461 e. The van der Waals surface area contributed by atoms with Gasteiger partial charge in [-0.2, -0.15) is 0 Å². The van der Waals surface area contributed by atoms with Gasteiger partial charge in [0, 0.05) is 25.9 Å². The van der Waals surface area contributed by atoms with Gasteiger partial charge >= 0.3 is 11.7 Å². The highest BCUT2D eigenvalue weighted by Gasteiger charge is 2.14. The third-order valence-electron chi connectivity index (χ3n) is 3.14. The van der Waals surface area contributed by atoms with E-state index in [1.165, 1.54) is 31.1 Å². The highest BCUT2D eigenvalue weighted by atomic mass is 16.5. The van der Waals surface area contributed by atoms with Gasteiger partial charge in [-0.3, -0.25) is 13.9 Å². The minimum atomic E-state index is -0.551. The molecule has 2 N–H and O–H groups in total. The van der Waals surface area contributed by atoms with Gasteiger partial charge in [0.2, 0.25) is 0 Å². The van der Waals surface area contributed by atoms with Crippen LogP contribution in [-0.2, 0) is 30.2 Å². The molecule has 0 radical (unpaired) electrons. The molecule has 2 rings (SSSR count). The van der Waals surface area contributed by atoms with Crippen molar-refractivity contribution in [3.05, 3.63) is 38.9 Å². The van der Waals surface area contributed by atoms with E-state index in [9.17, 15) is 14.4 Å². The number of imidazole rings is 1. The average molecular weight is 307 g/mol. The predicted molar refractivity (Wildman–Crippen MR) is 79.1 cm³/mol. The highest BCUT2D eigenvalue weighted by Crippen LogP contribution is 2.05. The van der Waals surface area contributed by atoms with Crippen LogP contribution in [0.25, 0.3) is 11.2 Å². The second-order valence-electron chi connectivity index (χ2n) is 4.87. The number of hydrogen-bond donors (Lipinski definition) is 1. The Bertz CT molecular complexity index is 867. The predicted octanol–water partition coefficient (Wildman–Crippen LogP) is -1.16. The van der Waals surface area contributed by atoms with E-state index in [2.05, 4.69) is 4.98 Å². The quantitative estimate of drug-likeness (QED) is 0.563. The normalized spacial score (nSPS) is 11.9. The molecule has 0 amide bonds. The molecule has 2 heterocycles. The number of aryl methyl sites for hydroxylation is 1. The van der Waals surface area contributed by atoms with E-state index in [4.69, 9.17) is 10.5 Å². The minimum Gasteiger partial charge on any atom is -0.461 e. The number of esters is 1. The number of carbonyl (C=O) groups excluding carboxylic acids is 1. The second kappa shape index (κ2) is 5.88. The molecule has 2 aromatic heterocycles. The standard InChI is InChI=1S/C13H17N5O4/c1-8(14)6-9(19)22-5-4-18-7-15-11-10(18)12(20)17(3)13(21)16(11)2/h6-7H,4-5,14H2,1-3H3. The van der Waals surface area contributed by atoms with Crippen LogP contribution < -0.4 is 17.0 Å². The summed E-state index contributed by atoms with van der Waals surface area (Å²) in [5, 5.41) is 0. The first-order valence-corrected chi connectivity index (χ1v) is 6.54. The monoisotopic (exact) mass is 307 g/mol. The van der Waals surface area contributed by atoms with Crippen LogP contribution in [0.2, 0.25) is 0 Å². The number of aromatic nitrogens is 4. The Hall–Kier alpha value is -2.84. The highest BCUT2D eigenvalue weighted by molar-refractivity contribution is 5.82. The molecule has 9 nitrogen and oxygen atoms in total. The Kier molecular flexibility index (Phi) is 4.15. The molecule has 0 bridgehead atoms. The maximum absolute atomic E-state index is 12.2. The van der Waals surface area contributed by atoms with Crippen LogP contribution in [0.3, 0.4) is 0 Å². The van der Waals surface area contributed by atoms with Crippen molar-refractivity contribution in [2.24, 2.45) is 19.8 Å². The van der Waals surface area contributed by atoms with Crippen LogP contribution in [0.5, 0.6) is 0 Å². The van der Waals surface area contributed by atoms with Crippen molar-refractivity contribution in [1.29, 1.82) is 0 Å². The zero-order valence-electron chi connectivity index (χ0n) is 12.6. The van der Waals surface area contributed by atoms with Crippen molar-refractivity contribution in [2.75, 3.05) is 6.61 Å². The number of carbonyl (C=O) groups is 1. The number of ether oxygens (including phenoxy) is 1. The van der Waals surface area contributed by atoms with Crippen molar-refractivity contribution in [3.63, 3.8) is 0 Å². The van der Waals surface area contributed by atoms with Gasteiger partial charge in [-0.1, -0.05) is 0 Å². The van der Waals surface area contributed by atoms with Gasteiger partial charge in [-0.15, -0.1) is 0 Å². The van der Waals surface area contributed by atoms with Gasteiger partial charge in [-0.05, 0) is 6.92 Å². The van der Waals surface area contributed by atoms with Crippen LogP contribution in [0.15, 0.2) is 27.7 Å². The molecule has 9 heteroatoms. The summed E-state index contributed by atoms with van der Waals surface area (Å²) in [6.45, 7) is 1.88. The van der Waals surface area contributed by atoms with Crippen molar-refractivity contribution >= 4 is 17.1 Å². The lowest BCUT2D eigenvalue weighted by atomic mass is 10.4. The molecule has 0 aliphatic carbocycles. The van der Waals surface area contributed by atoms with Crippen LogP contribution in [0.4, 0.5) is 0 Å². The summed E-state index contributed by atoms with van der Waals surface area (Å²) in [4.78, 5) is 39.4. The smallest absolute Gasteiger partial charge is 0.332 e. The lowest BCUT2D eigenvalue weighted by Crippen LogP contribution is -2.37. The molecule has 0 saturated carbocycles. The number of rotatable bonds is 4. The summed E-state index contributed by atoms with van der Waals surface area (Å²) < 4.78 is 8.82. The summed E-state index contributed by atoms with van der Waals surface area (Å²) in [7, 11) is 2.94. The molecular weight excluding hydrogens is 290 g/mol. The summed E-state index contributed by atoms with van der Waals surface area (Å²) in [6, 6.07) is 0. The number of nitrogens with zero attached hydrogens (tertiary/aromatic N) is 4. The number of fused-ring (bicyclic) bond motifs is 1. The van der Waals surface area contributed by atoms with Gasteiger partial charge in [0.05, 0.1) is 12.9 Å². The third kappa shape index (κ3) is 2.78. The first-order chi connectivity index (χ1) is 10.3. The summed E-state index contributed by atoms with van der Waals surface area (Å²) in [6.07, 6.45) is 2.61. The topological polar surface area (TPSA) is 114 Å². The van der Waals surface area contributed by atoms with Crippen molar-refractivity contribution in [1.82, 2.24) is 18.7 Å². The van der Waals surface area contributed by atoms with E-state index < -0.39 is 17.2 Å². The molecule has 0 aliphatic rings. The van der Waals surface area contributed by atoms with Gasteiger partial charge < -0.3 is 15.0 Å². The summed E-state index contributed by atoms with van der Waals surface area (Å²) in [5.74, 6) is -0.551. The molecule has 0 unspecified atom stereocenters. The molecule has 0 fully saturated rings. The molecule has 0 aliphatic heterocycles. The molecule has 0 atom stereocenters. The molecule has 0 aromatic carbocycles. The van der Waals surface area contributed by atoms with E-state index in [-0.39, 0.29) is 24.3 Å². The molecule has 0 spiro atoms. The fraction of sp³-hybridized carbons (Fsp3) is 0.385. The van der Waals surface area contributed by atoms with Crippen LogP contribution in [0, 0.1) is 0 Å². The van der Waals surface area contributed by atoms with Gasteiger partial charge in [0.25, 0.3) is 5.56 Å². The van der Waals surface area contributed by atoms with Crippen LogP contribution in [-0.4, -0.2) is 31.3 Å². The first-order valence-electron chi connectivity index (χ1n) is 6.54. The van der Waals surface area contributed by atoms with Crippen LogP contribution >= 0.6 is 0 Å². The number of hydrogen-bond acceptors (Lipinski definition) is 6. The van der Waals surface area contributed by atoms with E-state index in [0.717, 1.165) is 4.57 Å². The zero-order chi connectivity index (χ0) is 16.4. The molecule has 2 aromatic rings. The van der Waals surface area contributed by atoms with Crippen molar-refractivity contribution in [3.8, 4) is 0 Å². The van der Waals surface area contributed by atoms with E-state index in [1.54, 1.807) is 11.5 Å². The van der Waals surface area contributed by atoms with Crippen molar-refractivity contribution < 1.29 is 9.53 Å². The molecule has 0 saturated heterocycles. The lowest BCUT2D eigenvalue weighted by molar-refractivity contribution is -0.138. The van der Waals surface area contributed by atoms with E-state index >= 15 is 0 Å². The maximum Gasteiger partial charge on any atom is 0.332 e. The maximum atomic E-state index is 12.2. The molecule has 22 heavy (non-hydrogen) atoms. The van der Waals surface area contributed by atoms with Crippen molar-refractivity contribution in [2.45, 2.75) is 13.5 Å². The third-order valence-corrected chi connectivity index (χ3v) is 3.14. The Balaban J connectivity index is 2.27. The average Bonchev–Trinajstić information content (AvgIpc) is 2.86. The Morgan fingerprint density at radius 3 is 2.68 bits per heavy atom. The van der Waals surface area contributed by atoms with Gasteiger partial charge in [-0.25, -0.2) is 14.6 Å². The summed E-state index contributed by atoms with van der Waals surface area (Å²) in [5.41, 5.74) is 5.40. The first kappa shape index (κ1) is 15.5. The van der Waals surface area contributed by atoms with E-state index in [1.807, 2.05) is 0 Å². The number of allylic oxidation sites excluding steroid dienone is 1. The summed E-state index contributed by atoms with van der Waals surface area (Å²) >= 11 is 0. The Morgan fingerprint density at radius 1 is 1.36 bits per heavy atom. The van der Waals surface area contributed by atoms with Gasteiger partial charge in [0.15, 0.2) is 11.2 Å². The van der Waals surface area contributed by atoms with Crippen LogP contribution in [0.1, 0.15) is 6.92 Å². The fourth-order valence-corrected chi connectivity index (χ4v) is 2.04. The van der Waals surface area contributed by atoms with Gasteiger partial charge in [0.1, 0.15) is 6.61 Å². The lowest BCUT2D eigenvalue weighted by Gasteiger charge is -2.07. The Morgan fingerprint density at radius 2 is 2.05 bits per heavy atom. The molecular formula is C13H17N5O4. The van der Waals surface area contributed by atoms with E-state index in [0.29, 0.717) is 5.70 Å². The zero-order valence-corrected chi connectivity index (χ0v) is 12.6. The second-order valence-corrected chi connectivity index (χ2v) is 4.87. The molecule has 118 valence electrons. The Labute approximate surface area is 125 Å². The number of nitrogens with two attached hydrogens (primary N) is 1. The SMILES string of the molecule is CC(N)=CC(=O)OCCn1cnc2c1c(=O)n(C)c(=O)n2C. The fourth-order valence-electron chi connectivity index (χ4n) is 2.04.